The van der Waals surface area contributed by atoms with Crippen molar-refractivity contribution in [3.8, 4) is 0 Å². The van der Waals surface area contributed by atoms with Gasteiger partial charge in [-0.2, -0.15) is 13.2 Å². The van der Waals surface area contributed by atoms with Crippen LogP contribution in [0.3, 0.4) is 0 Å². The van der Waals surface area contributed by atoms with Crippen molar-refractivity contribution in [2.45, 2.75) is 44.8 Å². The molecule has 0 saturated heterocycles. The Labute approximate surface area is 185 Å². The monoisotopic (exact) mass is 530 g/mol. The highest BCUT2D eigenvalue weighted by molar-refractivity contribution is 14.0. The summed E-state index contributed by atoms with van der Waals surface area (Å²) in [6.07, 6.45) is 0.478. The topological polar surface area (TPSA) is 65.5 Å². The molecule has 0 spiro atoms. The molecule has 1 aliphatic carbocycles. The Kier molecular flexibility index (Phi) is 10.7. The molecule has 0 radical (unpaired) electrons. The van der Waals surface area contributed by atoms with Crippen LogP contribution < -0.4 is 16.0 Å². The Balaban J connectivity index is 0.00000420. The van der Waals surface area contributed by atoms with Crippen molar-refractivity contribution in [1.82, 2.24) is 16.0 Å². The molecule has 3 N–H and O–H groups in total. The van der Waals surface area contributed by atoms with E-state index < -0.39 is 17.6 Å². The molecule has 0 atom stereocenters. The molecule has 1 aromatic rings. The van der Waals surface area contributed by atoms with Crippen molar-refractivity contribution >= 4 is 35.8 Å². The van der Waals surface area contributed by atoms with Gasteiger partial charge in [0.2, 0.25) is 5.91 Å². The fourth-order valence-corrected chi connectivity index (χ4v) is 3.30. The highest BCUT2D eigenvalue weighted by Crippen LogP contribution is 2.32. The number of carbonyl (C=O) groups is 1. The predicted molar refractivity (Wildman–Crippen MR) is 115 cm³/mol. The normalized spacial score (nSPS) is 15.0. The minimum absolute atomic E-state index is 0. The van der Waals surface area contributed by atoms with E-state index in [9.17, 15) is 22.4 Å². The van der Waals surface area contributed by atoms with Crippen molar-refractivity contribution in [2.24, 2.45) is 10.9 Å². The smallest absolute Gasteiger partial charge is 0.355 e. The van der Waals surface area contributed by atoms with Crippen molar-refractivity contribution in [3.05, 3.63) is 35.1 Å². The van der Waals surface area contributed by atoms with Crippen LogP contribution in [0.5, 0.6) is 0 Å². The SMILES string of the molecule is CN=C(NCCNC(=O)CC1CCCC1)NCc1ccc(F)cc1C(F)(F)F.I. The highest BCUT2D eigenvalue weighted by Gasteiger charge is 2.33. The Morgan fingerprint density at radius 1 is 1.14 bits per heavy atom. The van der Waals surface area contributed by atoms with Crippen molar-refractivity contribution < 1.29 is 22.4 Å². The van der Waals surface area contributed by atoms with Crippen LogP contribution in [0.4, 0.5) is 17.6 Å². The van der Waals surface area contributed by atoms with Gasteiger partial charge in [0.25, 0.3) is 0 Å². The van der Waals surface area contributed by atoms with E-state index in [4.69, 9.17) is 0 Å². The van der Waals surface area contributed by atoms with Gasteiger partial charge in [-0.3, -0.25) is 9.79 Å². The third kappa shape index (κ3) is 8.75. The summed E-state index contributed by atoms with van der Waals surface area (Å²) in [5.74, 6) is -0.159. The van der Waals surface area contributed by atoms with E-state index in [1.807, 2.05) is 0 Å². The first-order valence-electron chi connectivity index (χ1n) is 9.36. The van der Waals surface area contributed by atoms with E-state index in [1.165, 1.54) is 19.9 Å². The minimum Gasteiger partial charge on any atom is -0.355 e. The number of benzene rings is 1. The van der Waals surface area contributed by atoms with E-state index in [0.717, 1.165) is 25.0 Å². The number of alkyl halides is 3. The highest BCUT2D eigenvalue weighted by atomic mass is 127. The van der Waals surface area contributed by atoms with Gasteiger partial charge < -0.3 is 16.0 Å². The van der Waals surface area contributed by atoms with Gasteiger partial charge in [0, 0.05) is 33.1 Å². The van der Waals surface area contributed by atoms with Gasteiger partial charge >= 0.3 is 6.18 Å². The molecule has 1 aliphatic rings. The zero-order chi connectivity index (χ0) is 20.6. The predicted octanol–water partition coefficient (Wildman–Crippen LogP) is 3.82. The molecule has 0 unspecified atom stereocenters. The number of nitrogens with one attached hydrogen (secondary N) is 3. The van der Waals surface area contributed by atoms with Crippen LogP contribution in [0.15, 0.2) is 23.2 Å². The first kappa shape index (κ1) is 25.4. The van der Waals surface area contributed by atoms with Crippen LogP contribution in [0.2, 0.25) is 0 Å². The number of amides is 1. The summed E-state index contributed by atoms with van der Waals surface area (Å²) < 4.78 is 52.2. The first-order chi connectivity index (χ1) is 13.3. The zero-order valence-corrected chi connectivity index (χ0v) is 18.6. The zero-order valence-electron chi connectivity index (χ0n) is 16.2. The summed E-state index contributed by atoms with van der Waals surface area (Å²) in [4.78, 5) is 15.8. The van der Waals surface area contributed by atoms with Crippen LogP contribution in [-0.4, -0.2) is 32.0 Å². The molecule has 164 valence electrons. The summed E-state index contributed by atoms with van der Waals surface area (Å²) in [7, 11) is 1.49. The molecule has 2 rings (SSSR count). The first-order valence-corrected chi connectivity index (χ1v) is 9.36. The molecular formula is C19H27F4IN4O. The number of carbonyl (C=O) groups excluding carboxylic acids is 1. The summed E-state index contributed by atoms with van der Waals surface area (Å²) >= 11 is 0. The summed E-state index contributed by atoms with van der Waals surface area (Å²) in [6, 6.07) is 2.57. The number of halogens is 5. The average molecular weight is 530 g/mol. The number of rotatable bonds is 7. The Morgan fingerprint density at radius 2 is 1.79 bits per heavy atom. The summed E-state index contributed by atoms with van der Waals surface area (Å²) in [5, 5.41) is 8.52. The maximum Gasteiger partial charge on any atom is 0.416 e. The molecule has 1 amide bonds. The lowest BCUT2D eigenvalue weighted by Gasteiger charge is -2.16. The van der Waals surface area contributed by atoms with E-state index >= 15 is 0 Å². The number of nitrogens with zero attached hydrogens (tertiary/aromatic N) is 1. The van der Waals surface area contributed by atoms with Gasteiger partial charge in [-0.05, 0) is 36.5 Å². The van der Waals surface area contributed by atoms with Crippen LogP contribution in [0, 0.1) is 11.7 Å². The Morgan fingerprint density at radius 3 is 2.41 bits per heavy atom. The number of hydrogen-bond acceptors (Lipinski definition) is 2. The third-order valence-corrected chi connectivity index (χ3v) is 4.74. The second-order valence-electron chi connectivity index (χ2n) is 6.86. The maximum absolute atomic E-state index is 13.2. The van der Waals surface area contributed by atoms with E-state index in [1.54, 1.807) is 0 Å². The lowest BCUT2D eigenvalue weighted by atomic mass is 10.0. The van der Waals surface area contributed by atoms with Crippen molar-refractivity contribution in [1.29, 1.82) is 0 Å². The van der Waals surface area contributed by atoms with Crippen LogP contribution >= 0.6 is 24.0 Å². The van der Waals surface area contributed by atoms with E-state index in [2.05, 4.69) is 20.9 Å². The van der Waals surface area contributed by atoms with Crippen molar-refractivity contribution in [3.63, 3.8) is 0 Å². The molecule has 1 fully saturated rings. The van der Waals surface area contributed by atoms with Gasteiger partial charge in [-0.1, -0.05) is 18.9 Å². The largest absolute Gasteiger partial charge is 0.416 e. The van der Waals surface area contributed by atoms with Gasteiger partial charge in [0.15, 0.2) is 5.96 Å². The third-order valence-electron chi connectivity index (χ3n) is 4.74. The van der Waals surface area contributed by atoms with E-state index in [-0.39, 0.29) is 42.0 Å². The second kappa shape index (κ2) is 12.2. The van der Waals surface area contributed by atoms with Crippen LogP contribution in [-0.2, 0) is 17.5 Å². The molecule has 5 nitrogen and oxygen atoms in total. The molecule has 1 saturated carbocycles. The maximum atomic E-state index is 13.2. The molecule has 1 aromatic carbocycles. The molecule has 0 aliphatic heterocycles. The molecule has 0 aromatic heterocycles. The van der Waals surface area contributed by atoms with Crippen LogP contribution in [0.25, 0.3) is 0 Å². The van der Waals surface area contributed by atoms with Crippen molar-refractivity contribution in [2.75, 3.05) is 20.1 Å². The van der Waals surface area contributed by atoms with Gasteiger partial charge in [0.05, 0.1) is 5.56 Å². The number of guanidine groups is 1. The molecule has 0 heterocycles. The van der Waals surface area contributed by atoms with Gasteiger partial charge in [-0.15, -0.1) is 24.0 Å². The van der Waals surface area contributed by atoms with E-state index in [0.29, 0.717) is 37.5 Å². The Hall–Kier alpha value is -1.59. The molecular weight excluding hydrogens is 503 g/mol. The average Bonchev–Trinajstić information content (AvgIpc) is 3.14. The minimum atomic E-state index is -4.64. The summed E-state index contributed by atoms with van der Waals surface area (Å²) in [6.45, 7) is 0.602. The van der Waals surface area contributed by atoms with Gasteiger partial charge in [-0.25, -0.2) is 4.39 Å². The number of aliphatic imine (C=N–C) groups is 1. The quantitative estimate of drug-likeness (QED) is 0.165. The standard InChI is InChI=1S/C19H26F4N4O.HI/c1-24-18(26-9-8-25-17(28)10-13-4-2-3-5-13)27-12-14-6-7-15(20)11-16(14)19(21,22)23;/h6-7,11,13H,2-5,8-10,12H2,1H3,(H,25,28)(H2,24,26,27);1H. The molecule has 10 heteroatoms. The van der Waals surface area contributed by atoms with Gasteiger partial charge in [0.1, 0.15) is 5.82 Å². The lowest BCUT2D eigenvalue weighted by Crippen LogP contribution is -2.41. The fourth-order valence-electron chi connectivity index (χ4n) is 3.30. The molecule has 29 heavy (non-hydrogen) atoms. The lowest BCUT2D eigenvalue weighted by molar-refractivity contribution is -0.138. The number of hydrogen-bond donors (Lipinski definition) is 3. The fraction of sp³-hybridized carbons (Fsp3) is 0.579. The molecule has 0 bridgehead atoms. The second-order valence-corrected chi connectivity index (χ2v) is 6.86. The Bertz CT molecular complexity index is 691. The van der Waals surface area contributed by atoms with Crippen LogP contribution in [0.1, 0.15) is 43.2 Å². The summed E-state index contributed by atoms with van der Waals surface area (Å²) in [5.41, 5.74) is -1.10.